The summed E-state index contributed by atoms with van der Waals surface area (Å²) in [7, 11) is 0. The zero-order valence-electron chi connectivity index (χ0n) is 12.2. The van der Waals surface area contributed by atoms with Gasteiger partial charge in [-0.05, 0) is 35.7 Å². The number of carbonyl (C=O) groups is 1. The molecule has 0 aliphatic rings. The van der Waals surface area contributed by atoms with Crippen LogP contribution in [0.5, 0.6) is 0 Å². The number of halogens is 3. The van der Waals surface area contributed by atoms with Gasteiger partial charge in [0.2, 0.25) is 5.91 Å². The number of hydrogen-bond donors (Lipinski definition) is 1. The van der Waals surface area contributed by atoms with Crippen LogP contribution in [-0.2, 0) is 4.79 Å². The Bertz CT molecular complexity index is 671. The highest BCUT2D eigenvalue weighted by Crippen LogP contribution is 2.28. The van der Waals surface area contributed by atoms with Gasteiger partial charge in [-0.15, -0.1) is 0 Å². The molecule has 0 saturated heterocycles. The summed E-state index contributed by atoms with van der Waals surface area (Å²) in [5.41, 5.74) is 0.755. The minimum absolute atomic E-state index is 0.00434. The van der Waals surface area contributed by atoms with Gasteiger partial charge < -0.3 is 5.32 Å². The first-order valence-electron chi connectivity index (χ1n) is 6.90. The lowest BCUT2D eigenvalue weighted by atomic mass is 9.87. The molecule has 0 bridgehead atoms. The molecule has 0 heterocycles. The van der Waals surface area contributed by atoms with Crippen LogP contribution in [0.1, 0.15) is 25.3 Å². The first-order valence-corrected chi connectivity index (χ1v) is 7.27. The van der Waals surface area contributed by atoms with Crippen molar-refractivity contribution in [3.63, 3.8) is 0 Å². The Hall–Kier alpha value is -1.94. The number of anilines is 1. The number of carbonyl (C=O) groups excluding carboxylic acids is 1. The van der Waals surface area contributed by atoms with E-state index in [1.807, 2.05) is 13.8 Å². The number of nitrogens with one attached hydrogen (secondary N) is 1. The SMILES string of the molecule is CC(C)[C@H](C(=O)Nc1ccc(F)cc1F)c1ccc(Cl)cc1. The molecular formula is C17H16ClF2NO. The average Bonchev–Trinajstić information content (AvgIpc) is 2.44. The molecule has 22 heavy (non-hydrogen) atoms. The lowest BCUT2D eigenvalue weighted by Crippen LogP contribution is -2.25. The highest BCUT2D eigenvalue weighted by Gasteiger charge is 2.25. The van der Waals surface area contributed by atoms with Crippen molar-refractivity contribution in [2.24, 2.45) is 5.92 Å². The van der Waals surface area contributed by atoms with Gasteiger partial charge in [0.15, 0.2) is 0 Å². The molecule has 2 aromatic carbocycles. The maximum atomic E-state index is 13.7. The van der Waals surface area contributed by atoms with E-state index in [0.29, 0.717) is 5.02 Å². The fourth-order valence-electron chi connectivity index (χ4n) is 2.31. The molecule has 0 fully saturated rings. The van der Waals surface area contributed by atoms with Gasteiger partial charge in [-0.2, -0.15) is 0 Å². The molecule has 2 aromatic rings. The zero-order valence-corrected chi connectivity index (χ0v) is 13.0. The lowest BCUT2D eigenvalue weighted by molar-refractivity contribution is -0.118. The number of amides is 1. The minimum Gasteiger partial charge on any atom is -0.323 e. The Morgan fingerprint density at radius 3 is 2.27 bits per heavy atom. The molecular weight excluding hydrogens is 308 g/mol. The summed E-state index contributed by atoms with van der Waals surface area (Å²) >= 11 is 5.86. The summed E-state index contributed by atoms with van der Waals surface area (Å²) in [6.45, 7) is 3.81. The summed E-state index contributed by atoms with van der Waals surface area (Å²) in [6, 6.07) is 10.0. The predicted molar refractivity (Wildman–Crippen MR) is 84.0 cm³/mol. The van der Waals surface area contributed by atoms with Crippen LogP contribution >= 0.6 is 11.6 Å². The largest absolute Gasteiger partial charge is 0.323 e. The molecule has 0 unspecified atom stereocenters. The van der Waals surface area contributed by atoms with Crippen molar-refractivity contribution in [2.75, 3.05) is 5.32 Å². The topological polar surface area (TPSA) is 29.1 Å². The Labute approximate surface area is 133 Å². The molecule has 2 rings (SSSR count). The third-order valence-corrected chi connectivity index (χ3v) is 3.62. The van der Waals surface area contributed by atoms with Crippen LogP contribution in [0.3, 0.4) is 0 Å². The highest BCUT2D eigenvalue weighted by molar-refractivity contribution is 6.30. The second kappa shape index (κ2) is 6.88. The van der Waals surface area contributed by atoms with Gasteiger partial charge in [0.05, 0.1) is 11.6 Å². The lowest BCUT2D eigenvalue weighted by Gasteiger charge is -2.21. The molecule has 5 heteroatoms. The Morgan fingerprint density at radius 1 is 1.09 bits per heavy atom. The van der Waals surface area contributed by atoms with E-state index in [1.54, 1.807) is 24.3 Å². The van der Waals surface area contributed by atoms with Crippen molar-refractivity contribution in [1.82, 2.24) is 0 Å². The maximum Gasteiger partial charge on any atom is 0.232 e. The number of hydrogen-bond acceptors (Lipinski definition) is 1. The summed E-state index contributed by atoms with van der Waals surface area (Å²) in [4.78, 5) is 12.5. The molecule has 1 atom stereocenters. The van der Waals surface area contributed by atoms with Crippen molar-refractivity contribution in [2.45, 2.75) is 19.8 Å². The standard InChI is InChI=1S/C17H16ClF2NO/c1-10(2)16(11-3-5-12(18)6-4-11)17(22)21-15-8-7-13(19)9-14(15)20/h3-10,16H,1-2H3,(H,21,22)/t16-/m0/s1. The monoisotopic (exact) mass is 323 g/mol. The second-order valence-corrected chi connectivity index (χ2v) is 5.82. The van der Waals surface area contributed by atoms with Crippen molar-refractivity contribution in [3.8, 4) is 0 Å². The van der Waals surface area contributed by atoms with Gasteiger partial charge in [-0.25, -0.2) is 8.78 Å². The summed E-state index contributed by atoms with van der Waals surface area (Å²) in [6.07, 6.45) is 0. The zero-order chi connectivity index (χ0) is 16.3. The van der Waals surface area contributed by atoms with E-state index in [4.69, 9.17) is 11.6 Å². The second-order valence-electron chi connectivity index (χ2n) is 5.39. The minimum atomic E-state index is -0.799. The molecule has 2 nitrogen and oxygen atoms in total. The number of rotatable bonds is 4. The maximum absolute atomic E-state index is 13.7. The average molecular weight is 324 g/mol. The van der Waals surface area contributed by atoms with Crippen molar-refractivity contribution < 1.29 is 13.6 Å². The normalized spacial score (nSPS) is 12.3. The smallest absolute Gasteiger partial charge is 0.232 e. The van der Waals surface area contributed by atoms with Crippen LogP contribution in [0.15, 0.2) is 42.5 Å². The third-order valence-electron chi connectivity index (χ3n) is 3.37. The summed E-state index contributed by atoms with van der Waals surface area (Å²) < 4.78 is 26.6. The van der Waals surface area contributed by atoms with Crippen LogP contribution in [-0.4, -0.2) is 5.91 Å². The molecule has 0 aromatic heterocycles. The fourth-order valence-corrected chi connectivity index (χ4v) is 2.44. The van der Waals surface area contributed by atoms with Gasteiger partial charge in [-0.3, -0.25) is 4.79 Å². The molecule has 0 aliphatic heterocycles. The van der Waals surface area contributed by atoms with Crippen LogP contribution < -0.4 is 5.32 Å². The third kappa shape index (κ3) is 3.83. The fraction of sp³-hybridized carbons (Fsp3) is 0.235. The highest BCUT2D eigenvalue weighted by atomic mass is 35.5. The van der Waals surface area contributed by atoms with Crippen molar-refractivity contribution in [3.05, 3.63) is 64.7 Å². The van der Waals surface area contributed by atoms with Gasteiger partial charge in [0.1, 0.15) is 11.6 Å². The van der Waals surface area contributed by atoms with E-state index in [9.17, 15) is 13.6 Å². The van der Waals surface area contributed by atoms with Crippen LogP contribution in [0, 0.1) is 17.6 Å². The van der Waals surface area contributed by atoms with E-state index < -0.39 is 17.6 Å². The van der Waals surface area contributed by atoms with Crippen LogP contribution in [0.2, 0.25) is 5.02 Å². The molecule has 0 aliphatic carbocycles. The Morgan fingerprint density at radius 2 is 1.73 bits per heavy atom. The first-order chi connectivity index (χ1) is 10.4. The van der Waals surface area contributed by atoms with E-state index in [-0.39, 0.29) is 17.5 Å². The van der Waals surface area contributed by atoms with E-state index in [2.05, 4.69) is 5.32 Å². The quantitative estimate of drug-likeness (QED) is 0.843. The Balaban J connectivity index is 2.25. The molecule has 1 amide bonds. The van der Waals surface area contributed by atoms with E-state index >= 15 is 0 Å². The summed E-state index contributed by atoms with van der Waals surface area (Å²) in [5, 5.41) is 3.10. The molecule has 1 N–H and O–H groups in total. The van der Waals surface area contributed by atoms with Gasteiger partial charge >= 0.3 is 0 Å². The van der Waals surface area contributed by atoms with Crippen LogP contribution in [0.4, 0.5) is 14.5 Å². The Kier molecular flexibility index (Phi) is 5.14. The predicted octanol–water partition coefficient (Wildman–Crippen LogP) is 5.00. The van der Waals surface area contributed by atoms with E-state index in [1.165, 1.54) is 6.07 Å². The molecule has 116 valence electrons. The van der Waals surface area contributed by atoms with E-state index in [0.717, 1.165) is 17.7 Å². The van der Waals surface area contributed by atoms with Gasteiger partial charge in [0.25, 0.3) is 0 Å². The molecule has 0 radical (unpaired) electrons. The molecule has 0 saturated carbocycles. The van der Waals surface area contributed by atoms with Crippen molar-refractivity contribution in [1.29, 1.82) is 0 Å². The molecule has 0 spiro atoms. The van der Waals surface area contributed by atoms with Crippen LogP contribution in [0.25, 0.3) is 0 Å². The van der Waals surface area contributed by atoms with Gasteiger partial charge in [-0.1, -0.05) is 37.6 Å². The van der Waals surface area contributed by atoms with Crippen molar-refractivity contribution >= 4 is 23.2 Å². The first kappa shape index (κ1) is 16.4. The summed E-state index contributed by atoms with van der Waals surface area (Å²) in [5.74, 6) is -2.28. The van der Waals surface area contributed by atoms with Gasteiger partial charge in [0, 0.05) is 11.1 Å². The number of benzene rings is 2.